The first kappa shape index (κ1) is 10.7. The molecule has 0 heterocycles. The van der Waals surface area contributed by atoms with Gasteiger partial charge in [-0.1, -0.05) is 6.42 Å². The highest BCUT2D eigenvalue weighted by Crippen LogP contribution is 2.20. The van der Waals surface area contributed by atoms with Gasteiger partial charge in [-0.2, -0.15) is 0 Å². The summed E-state index contributed by atoms with van der Waals surface area (Å²) in [6, 6.07) is 0. The maximum atomic E-state index is 11.4. The first-order valence-electron chi connectivity index (χ1n) is 5.06. The Bertz CT molecular complexity index is 170. The molecule has 0 amide bonds. The third-order valence-corrected chi connectivity index (χ3v) is 2.69. The number of likely N-dealkylation sites (N-methyl/N-ethyl adjacent to an activating group) is 1. The van der Waals surface area contributed by atoms with Gasteiger partial charge in [0.05, 0.1) is 6.61 Å². The molecule has 1 atom stereocenters. The number of hydrogen-bond acceptors (Lipinski definition) is 3. The van der Waals surface area contributed by atoms with Crippen LogP contribution < -0.4 is 0 Å². The van der Waals surface area contributed by atoms with E-state index in [-0.39, 0.29) is 12.5 Å². The zero-order chi connectivity index (χ0) is 9.68. The molecule has 1 aliphatic carbocycles. The smallest absolute Gasteiger partial charge is 0.137 e. The molecular weight excluding hydrogens is 166 g/mol. The molecule has 13 heavy (non-hydrogen) atoms. The van der Waals surface area contributed by atoms with Crippen molar-refractivity contribution in [3.63, 3.8) is 0 Å². The van der Waals surface area contributed by atoms with Crippen molar-refractivity contribution >= 4 is 5.78 Å². The predicted molar refractivity (Wildman–Crippen MR) is 51.5 cm³/mol. The predicted octanol–water partition coefficient (Wildman–Crippen LogP) is 0.670. The molecule has 0 saturated heterocycles. The Morgan fingerprint density at radius 2 is 2.31 bits per heavy atom. The summed E-state index contributed by atoms with van der Waals surface area (Å²) < 4.78 is 0. The van der Waals surface area contributed by atoms with Crippen LogP contribution in [0.15, 0.2) is 0 Å². The number of ketones is 1. The summed E-state index contributed by atoms with van der Waals surface area (Å²) in [4.78, 5) is 13.5. The van der Waals surface area contributed by atoms with E-state index in [2.05, 4.69) is 0 Å². The minimum absolute atomic E-state index is 0.178. The van der Waals surface area contributed by atoms with E-state index < -0.39 is 0 Å². The van der Waals surface area contributed by atoms with Crippen LogP contribution in [0.4, 0.5) is 0 Å². The van der Waals surface area contributed by atoms with Crippen molar-refractivity contribution in [3.05, 3.63) is 0 Å². The molecule has 0 bridgehead atoms. The highest BCUT2D eigenvalue weighted by molar-refractivity contribution is 5.81. The molecule has 0 aromatic heterocycles. The van der Waals surface area contributed by atoms with Gasteiger partial charge >= 0.3 is 0 Å². The average molecular weight is 185 g/mol. The van der Waals surface area contributed by atoms with Gasteiger partial charge in [-0.25, -0.2) is 0 Å². The Kier molecular flexibility index (Phi) is 4.39. The van der Waals surface area contributed by atoms with E-state index in [9.17, 15) is 4.79 Å². The number of carbonyl (C=O) groups excluding carboxylic acids is 1. The lowest BCUT2D eigenvalue weighted by Crippen LogP contribution is -2.33. The molecule has 1 aliphatic rings. The summed E-state index contributed by atoms with van der Waals surface area (Å²) in [7, 11) is 1.96. The molecule has 0 spiro atoms. The van der Waals surface area contributed by atoms with E-state index in [1.54, 1.807) is 0 Å². The van der Waals surface area contributed by atoms with E-state index in [4.69, 9.17) is 5.11 Å². The normalized spacial score (nSPS) is 23.9. The van der Waals surface area contributed by atoms with Gasteiger partial charge in [0.2, 0.25) is 0 Å². The quantitative estimate of drug-likeness (QED) is 0.700. The molecule has 0 radical (unpaired) electrons. The van der Waals surface area contributed by atoms with Crippen molar-refractivity contribution < 1.29 is 9.90 Å². The molecular formula is C10H19NO2. The maximum absolute atomic E-state index is 11.4. The third-order valence-electron chi connectivity index (χ3n) is 2.69. The Morgan fingerprint density at radius 3 is 2.92 bits per heavy atom. The van der Waals surface area contributed by atoms with Crippen LogP contribution in [0, 0.1) is 5.92 Å². The van der Waals surface area contributed by atoms with Gasteiger partial charge in [-0.3, -0.25) is 4.79 Å². The van der Waals surface area contributed by atoms with Gasteiger partial charge in [-0.15, -0.1) is 0 Å². The average Bonchev–Trinajstić information content (AvgIpc) is 2.09. The van der Waals surface area contributed by atoms with Crippen molar-refractivity contribution in [2.45, 2.75) is 25.7 Å². The van der Waals surface area contributed by atoms with Crippen LogP contribution in [-0.4, -0.2) is 42.5 Å². The van der Waals surface area contributed by atoms with E-state index in [0.29, 0.717) is 12.3 Å². The topological polar surface area (TPSA) is 40.5 Å². The van der Waals surface area contributed by atoms with Crippen molar-refractivity contribution in [1.29, 1.82) is 0 Å². The van der Waals surface area contributed by atoms with Crippen LogP contribution in [0.5, 0.6) is 0 Å². The molecule has 0 aromatic carbocycles. The fraction of sp³-hybridized carbons (Fsp3) is 0.900. The standard InChI is InChI=1S/C10H19NO2/c1-11(6-7-12)8-9-4-2-3-5-10(9)13/h9,12H,2-8H2,1H3. The van der Waals surface area contributed by atoms with Crippen LogP contribution >= 0.6 is 0 Å². The van der Waals surface area contributed by atoms with Crippen molar-refractivity contribution in [3.8, 4) is 0 Å². The van der Waals surface area contributed by atoms with Crippen LogP contribution in [0.1, 0.15) is 25.7 Å². The number of hydrogen-bond donors (Lipinski definition) is 1. The van der Waals surface area contributed by atoms with Crippen LogP contribution in [0.3, 0.4) is 0 Å². The molecule has 1 unspecified atom stereocenters. The van der Waals surface area contributed by atoms with E-state index in [0.717, 1.165) is 25.8 Å². The zero-order valence-corrected chi connectivity index (χ0v) is 8.33. The van der Waals surface area contributed by atoms with Gasteiger partial charge in [-0.05, 0) is 19.9 Å². The number of carbonyl (C=O) groups is 1. The lowest BCUT2D eigenvalue weighted by molar-refractivity contribution is -0.125. The van der Waals surface area contributed by atoms with Gasteiger partial charge in [0.15, 0.2) is 0 Å². The summed E-state index contributed by atoms with van der Waals surface area (Å²) >= 11 is 0. The lowest BCUT2D eigenvalue weighted by atomic mass is 9.88. The Hall–Kier alpha value is -0.410. The molecule has 0 aliphatic heterocycles. The number of aliphatic hydroxyl groups excluding tert-OH is 1. The Morgan fingerprint density at radius 1 is 1.54 bits per heavy atom. The monoisotopic (exact) mass is 185 g/mol. The molecule has 0 aromatic rings. The molecule has 1 saturated carbocycles. The van der Waals surface area contributed by atoms with Crippen LogP contribution in [0.25, 0.3) is 0 Å². The van der Waals surface area contributed by atoms with E-state index in [1.807, 2.05) is 11.9 Å². The third kappa shape index (κ3) is 3.44. The molecule has 3 heteroatoms. The second-order valence-electron chi connectivity index (χ2n) is 3.89. The minimum atomic E-state index is 0.178. The number of aliphatic hydroxyl groups is 1. The van der Waals surface area contributed by atoms with E-state index >= 15 is 0 Å². The molecule has 1 rings (SSSR count). The fourth-order valence-corrected chi connectivity index (χ4v) is 1.89. The summed E-state index contributed by atoms with van der Waals surface area (Å²) in [6.45, 7) is 1.67. The van der Waals surface area contributed by atoms with Crippen molar-refractivity contribution in [2.24, 2.45) is 5.92 Å². The minimum Gasteiger partial charge on any atom is -0.395 e. The summed E-state index contributed by atoms with van der Waals surface area (Å²) in [5.74, 6) is 0.640. The largest absolute Gasteiger partial charge is 0.395 e. The van der Waals surface area contributed by atoms with E-state index in [1.165, 1.54) is 6.42 Å². The number of rotatable bonds is 4. The SMILES string of the molecule is CN(CCO)CC1CCCCC1=O. The Labute approximate surface area is 79.7 Å². The summed E-state index contributed by atoms with van der Waals surface area (Å²) in [5.41, 5.74) is 0. The molecule has 1 N–H and O–H groups in total. The summed E-state index contributed by atoms with van der Waals surface area (Å²) in [5, 5.41) is 8.71. The zero-order valence-electron chi connectivity index (χ0n) is 8.33. The van der Waals surface area contributed by atoms with Crippen molar-refractivity contribution in [1.82, 2.24) is 4.90 Å². The molecule has 76 valence electrons. The number of Topliss-reactive ketones (excluding diaryl/α,β-unsaturated/α-hetero) is 1. The van der Waals surface area contributed by atoms with Crippen LogP contribution in [-0.2, 0) is 4.79 Å². The molecule has 1 fully saturated rings. The Balaban J connectivity index is 2.29. The highest BCUT2D eigenvalue weighted by Gasteiger charge is 2.22. The fourth-order valence-electron chi connectivity index (χ4n) is 1.89. The first-order valence-corrected chi connectivity index (χ1v) is 5.06. The first-order chi connectivity index (χ1) is 6.24. The highest BCUT2D eigenvalue weighted by atomic mass is 16.3. The van der Waals surface area contributed by atoms with Gasteiger partial charge in [0.1, 0.15) is 5.78 Å². The summed E-state index contributed by atoms with van der Waals surface area (Å²) in [6.07, 6.45) is 4.05. The lowest BCUT2D eigenvalue weighted by Gasteiger charge is -2.25. The van der Waals surface area contributed by atoms with Crippen LogP contribution in [0.2, 0.25) is 0 Å². The second kappa shape index (κ2) is 5.35. The van der Waals surface area contributed by atoms with Gasteiger partial charge in [0, 0.05) is 25.4 Å². The van der Waals surface area contributed by atoms with Gasteiger partial charge < -0.3 is 10.0 Å². The van der Waals surface area contributed by atoms with Gasteiger partial charge in [0.25, 0.3) is 0 Å². The second-order valence-corrected chi connectivity index (χ2v) is 3.89. The number of nitrogens with zero attached hydrogens (tertiary/aromatic N) is 1. The maximum Gasteiger partial charge on any atom is 0.137 e. The van der Waals surface area contributed by atoms with Crippen molar-refractivity contribution in [2.75, 3.05) is 26.7 Å². The molecule has 3 nitrogen and oxygen atoms in total.